The SMILES string of the molecule is COC(=O)c1ccnc(N2CC(C)(OCC(=O)O)C2)c1. The quantitative estimate of drug-likeness (QED) is 0.788. The zero-order chi connectivity index (χ0) is 14.8. The minimum absolute atomic E-state index is 0.319. The summed E-state index contributed by atoms with van der Waals surface area (Å²) in [5.41, 5.74) is -0.0704. The monoisotopic (exact) mass is 280 g/mol. The summed E-state index contributed by atoms with van der Waals surface area (Å²) in [6, 6.07) is 3.22. The second-order valence-corrected chi connectivity index (χ2v) is 4.88. The van der Waals surface area contributed by atoms with Crippen LogP contribution in [0, 0.1) is 0 Å². The normalized spacial score (nSPS) is 16.4. The molecule has 7 heteroatoms. The van der Waals surface area contributed by atoms with Crippen molar-refractivity contribution in [3.8, 4) is 0 Å². The second-order valence-electron chi connectivity index (χ2n) is 4.88. The predicted octanol–water partition coefficient (Wildman–Crippen LogP) is 0.548. The lowest BCUT2D eigenvalue weighted by molar-refractivity contribution is -0.150. The minimum atomic E-state index is -0.990. The van der Waals surface area contributed by atoms with Gasteiger partial charge in [-0.05, 0) is 19.1 Å². The first-order chi connectivity index (χ1) is 9.43. The Hall–Kier alpha value is -2.15. The summed E-state index contributed by atoms with van der Waals surface area (Å²) in [6.07, 6.45) is 1.54. The number of carbonyl (C=O) groups is 2. The number of aromatic nitrogens is 1. The van der Waals surface area contributed by atoms with Crippen molar-refractivity contribution in [1.29, 1.82) is 0 Å². The van der Waals surface area contributed by atoms with Gasteiger partial charge in [-0.15, -0.1) is 0 Å². The van der Waals surface area contributed by atoms with Gasteiger partial charge >= 0.3 is 11.9 Å². The predicted molar refractivity (Wildman–Crippen MR) is 69.8 cm³/mol. The lowest BCUT2D eigenvalue weighted by Crippen LogP contribution is -2.62. The number of methoxy groups -OCH3 is 1. The van der Waals surface area contributed by atoms with Crippen LogP contribution in [0.15, 0.2) is 18.3 Å². The molecule has 1 aliphatic heterocycles. The van der Waals surface area contributed by atoms with Crippen molar-refractivity contribution in [1.82, 2.24) is 4.98 Å². The van der Waals surface area contributed by atoms with Crippen LogP contribution in [0.3, 0.4) is 0 Å². The number of hydrogen-bond acceptors (Lipinski definition) is 6. The van der Waals surface area contributed by atoms with E-state index in [1.54, 1.807) is 12.1 Å². The molecule has 1 aromatic rings. The number of nitrogens with zero attached hydrogens (tertiary/aromatic N) is 2. The van der Waals surface area contributed by atoms with E-state index in [1.165, 1.54) is 13.3 Å². The lowest BCUT2D eigenvalue weighted by Gasteiger charge is -2.47. The van der Waals surface area contributed by atoms with E-state index >= 15 is 0 Å². The first-order valence-corrected chi connectivity index (χ1v) is 6.08. The lowest BCUT2D eigenvalue weighted by atomic mass is 9.96. The standard InChI is InChI=1S/C13H16N2O5/c1-13(20-6-11(16)17)7-15(8-13)10-5-9(3-4-14-10)12(18)19-2/h3-5H,6-8H2,1-2H3,(H,16,17). The van der Waals surface area contributed by atoms with Gasteiger partial charge in [0.2, 0.25) is 0 Å². The van der Waals surface area contributed by atoms with Gasteiger partial charge < -0.3 is 19.5 Å². The summed E-state index contributed by atoms with van der Waals surface area (Å²) < 4.78 is 9.97. The van der Waals surface area contributed by atoms with E-state index in [-0.39, 0.29) is 6.61 Å². The highest BCUT2D eigenvalue weighted by molar-refractivity contribution is 5.90. The molecule has 0 saturated carbocycles. The molecule has 0 aliphatic carbocycles. The van der Waals surface area contributed by atoms with Crippen LogP contribution in [0.25, 0.3) is 0 Å². The molecule has 1 aromatic heterocycles. The molecule has 0 amide bonds. The zero-order valence-corrected chi connectivity index (χ0v) is 11.3. The van der Waals surface area contributed by atoms with E-state index in [4.69, 9.17) is 9.84 Å². The van der Waals surface area contributed by atoms with Crippen LogP contribution in [0.1, 0.15) is 17.3 Å². The van der Waals surface area contributed by atoms with E-state index in [9.17, 15) is 9.59 Å². The van der Waals surface area contributed by atoms with Gasteiger partial charge in [0.1, 0.15) is 18.0 Å². The topological polar surface area (TPSA) is 89.0 Å². The Labute approximate surface area is 116 Å². The van der Waals surface area contributed by atoms with Crippen LogP contribution in [0.4, 0.5) is 5.82 Å². The van der Waals surface area contributed by atoms with Crippen LogP contribution >= 0.6 is 0 Å². The van der Waals surface area contributed by atoms with Crippen LogP contribution in [0.5, 0.6) is 0 Å². The molecule has 0 radical (unpaired) electrons. The molecule has 7 nitrogen and oxygen atoms in total. The van der Waals surface area contributed by atoms with Crippen molar-refractivity contribution in [3.05, 3.63) is 23.9 Å². The number of rotatable bonds is 5. The Morgan fingerprint density at radius 2 is 2.20 bits per heavy atom. The molecule has 0 spiro atoms. The number of anilines is 1. The number of pyridine rings is 1. The summed E-state index contributed by atoms with van der Waals surface area (Å²) in [6.45, 7) is 2.58. The molecule has 2 heterocycles. The fraction of sp³-hybridized carbons (Fsp3) is 0.462. The Morgan fingerprint density at radius 3 is 2.80 bits per heavy atom. The molecule has 0 bridgehead atoms. The molecular formula is C13H16N2O5. The third-order valence-electron chi connectivity index (χ3n) is 3.09. The van der Waals surface area contributed by atoms with Gasteiger partial charge in [-0.2, -0.15) is 0 Å². The molecule has 20 heavy (non-hydrogen) atoms. The molecule has 108 valence electrons. The molecule has 0 unspecified atom stereocenters. The van der Waals surface area contributed by atoms with Crippen molar-refractivity contribution in [2.45, 2.75) is 12.5 Å². The second kappa shape index (κ2) is 5.46. The maximum atomic E-state index is 11.4. The summed E-state index contributed by atoms with van der Waals surface area (Å²) in [7, 11) is 1.32. The van der Waals surface area contributed by atoms with Crippen LogP contribution in [0.2, 0.25) is 0 Å². The Balaban J connectivity index is 1.98. The van der Waals surface area contributed by atoms with Gasteiger partial charge in [-0.25, -0.2) is 14.6 Å². The molecule has 1 aliphatic rings. The molecule has 2 rings (SSSR count). The number of carboxylic acids is 1. The first kappa shape index (κ1) is 14.3. The van der Waals surface area contributed by atoms with E-state index in [2.05, 4.69) is 9.72 Å². The number of carboxylic acid groups (broad SMARTS) is 1. The number of aliphatic carboxylic acids is 1. The smallest absolute Gasteiger partial charge is 0.338 e. The van der Waals surface area contributed by atoms with Gasteiger partial charge in [0.15, 0.2) is 0 Å². The molecule has 1 N–H and O–H groups in total. The van der Waals surface area contributed by atoms with Crippen molar-refractivity contribution < 1.29 is 24.2 Å². The van der Waals surface area contributed by atoms with Crippen LogP contribution in [-0.4, -0.2) is 54.4 Å². The maximum absolute atomic E-state index is 11.4. The van der Waals surface area contributed by atoms with Crippen LogP contribution in [-0.2, 0) is 14.3 Å². The van der Waals surface area contributed by atoms with Gasteiger partial charge in [-0.1, -0.05) is 0 Å². The van der Waals surface area contributed by atoms with E-state index < -0.39 is 17.5 Å². The van der Waals surface area contributed by atoms with E-state index in [0.29, 0.717) is 24.5 Å². The largest absolute Gasteiger partial charge is 0.480 e. The Bertz CT molecular complexity index is 525. The fourth-order valence-electron chi connectivity index (χ4n) is 2.09. The first-order valence-electron chi connectivity index (χ1n) is 6.08. The van der Waals surface area contributed by atoms with E-state index in [0.717, 1.165) is 0 Å². The number of hydrogen-bond donors (Lipinski definition) is 1. The molecule has 0 atom stereocenters. The van der Waals surface area contributed by atoms with Gasteiger partial charge in [0, 0.05) is 19.3 Å². The summed E-state index contributed by atoms with van der Waals surface area (Å²) in [5.74, 6) is -0.765. The number of ether oxygens (including phenoxy) is 2. The Kier molecular flexibility index (Phi) is 3.89. The van der Waals surface area contributed by atoms with Crippen molar-refractivity contribution in [3.63, 3.8) is 0 Å². The third-order valence-corrected chi connectivity index (χ3v) is 3.09. The van der Waals surface area contributed by atoms with Gasteiger partial charge in [0.05, 0.1) is 12.7 Å². The molecule has 1 fully saturated rings. The maximum Gasteiger partial charge on any atom is 0.338 e. The number of carbonyl (C=O) groups excluding carboxylic acids is 1. The summed E-state index contributed by atoms with van der Waals surface area (Å²) in [5, 5.41) is 8.60. The van der Waals surface area contributed by atoms with Gasteiger partial charge in [-0.3, -0.25) is 0 Å². The van der Waals surface area contributed by atoms with Crippen molar-refractivity contribution in [2.75, 3.05) is 31.7 Å². The van der Waals surface area contributed by atoms with Crippen molar-refractivity contribution in [2.24, 2.45) is 0 Å². The summed E-state index contributed by atoms with van der Waals surface area (Å²) >= 11 is 0. The average Bonchev–Trinajstić information content (AvgIpc) is 2.41. The average molecular weight is 280 g/mol. The van der Waals surface area contributed by atoms with Crippen molar-refractivity contribution >= 4 is 17.8 Å². The molecule has 1 saturated heterocycles. The summed E-state index contributed by atoms with van der Waals surface area (Å²) in [4.78, 5) is 28.0. The highest BCUT2D eigenvalue weighted by Gasteiger charge is 2.41. The van der Waals surface area contributed by atoms with Crippen LogP contribution < -0.4 is 4.90 Å². The molecule has 0 aromatic carbocycles. The van der Waals surface area contributed by atoms with E-state index in [1.807, 2.05) is 11.8 Å². The highest BCUT2D eigenvalue weighted by atomic mass is 16.5. The Morgan fingerprint density at radius 1 is 1.50 bits per heavy atom. The fourth-order valence-corrected chi connectivity index (χ4v) is 2.09. The highest BCUT2D eigenvalue weighted by Crippen LogP contribution is 2.29. The molecular weight excluding hydrogens is 264 g/mol. The number of esters is 1. The minimum Gasteiger partial charge on any atom is -0.480 e. The third kappa shape index (κ3) is 3.05. The zero-order valence-electron chi connectivity index (χ0n) is 11.3. The van der Waals surface area contributed by atoms with Gasteiger partial charge in [0.25, 0.3) is 0 Å².